The Balaban J connectivity index is 2.43. The van der Waals surface area contributed by atoms with Crippen LogP contribution in [0.25, 0.3) is 0 Å². The van der Waals surface area contributed by atoms with E-state index in [9.17, 15) is 13.2 Å². The molecule has 0 saturated heterocycles. The first-order chi connectivity index (χ1) is 8.91. The summed E-state index contributed by atoms with van der Waals surface area (Å²) in [5.41, 5.74) is -0.147. The van der Waals surface area contributed by atoms with Gasteiger partial charge in [-0.3, -0.25) is 0 Å². The number of hydrogen-bond donors (Lipinski definition) is 2. The van der Waals surface area contributed by atoms with Gasteiger partial charge >= 0.3 is 6.18 Å². The van der Waals surface area contributed by atoms with E-state index >= 15 is 0 Å². The molecule has 0 saturated carbocycles. The van der Waals surface area contributed by atoms with Gasteiger partial charge < -0.3 is 10.4 Å². The Labute approximate surface area is 109 Å². The van der Waals surface area contributed by atoms with Crippen molar-refractivity contribution >= 4 is 5.95 Å². The van der Waals surface area contributed by atoms with Crippen LogP contribution in [0.2, 0.25) is 0 Å². The number of aliphatic hydroxyl groups is 1. The number of nitrogens with one attached hydrogen (secondary N) is 1. The lowest BCUT2D eigenvalue weighted by Gasteiger charge is -2.24. The summed E-state index contributed by atoms with van der Waals surface area (Å²) in [5.74, 6) is 0.156. The average molecular weight is 275 g/mol. The summed E-state index contributed by atoms with van der Waals surface area (Å²) >= 11 is 0. The van der Waals surface area contributed by atoms with E-state index in [1.807, 2.05) is 6.92 Å². The minimum absolute atomic E-state index is 0.0605. The third-order valence-corrected chi connectivity index (χ3v) is 3.18. The Hall–Kier alpha value is -1.37. The molecule has 1 heterocycles. The van der Waals surface area contributed by atoms with E-state index in [0.717, 1.165) is 6.42 Å². The zero-order chi connectivity index (χ0) is 14.0. The maximum atomic E-state index is 13.0. The molecule has 0 amide bonds. The second-order valence-electron chi connectivity index (χ2n) is 4.82. The van der Waals surface area contributed by atoms with Crippen molar-refractivity contribution in [1.29, 1.82) is 0 Å². The molecule has 0 aromatic carbocycles. The molecule has 106 valence electrons. The molecule has 0 radical (unpaired) electrons. The van der Waals surface area contributed by atoms with Crippen LogP contribution >= 0.6 is 0 Å². The van der Waals surface area contributed by atoms with Crippen LogP contribution in [-0.4, -0.2) is 28.2 Å². The van der Waals surface area contributed by atoms with Crippen LogP contribution in [0.3, 0.4) is 0 Å². The molecule has 1 aliphatic carbocycles. The van der Waals surface area contributed by atoms with Crippen molar-refractivity contribution in [3.05, 3.63) is 17.0 Å². The molecule has 0 unspecified atom stereocenters. The second kappa shape index (κ2) is 5.32. The largest absolute Gasteiger partial charge is 0.433 e. The van der Waals surface area contributed by atoms with Crippen molar-refractivity contribution in [2.75, 3.05) is 18.5 Å². The van der Waals surface area contributed by atoms with E-state index in [0.29, 0.717) is 18.5 Å². The van der Waals surface area contributed by atoms with Gasteiger partial charge in [-0.2, -0.15) is 13.2 Å². The topological polar surface area (TPSA) is 58.0 Å². The van der Waals surface area contributed by atoms with E-state index in [1.165, 1.54) is 0 Å². The van der Waals surface area contributed by atoms with E-state index in [2.05, 4.69) is 15.3 Å². The van der Waals surface area contributed by atoms with Gasteiger partial charge in [-0.25, -0.2) is 9.97 Å². The number of rotatable bonds is 3. The molecule has 0 bridgehead atoms. The van der Waals surface area contributed by atoms with Crippen LogP contribution in [0.5, 0.6) is 0 Å². The Kier molecular flexibility index (Phi) is 3.93. The van der Waals surface area contributed by atoms with E-state index in [4.69, 9.17) is 5.11 Å². The van der Waals surface area contributed by atoms with Crippen LogP contribution in [0.15, 0.2) is 0 Å². The van der Waals surface area contributed by atoms with Gasteiger partial charge in [0.2, 0.25) is 5.95 Å². The molecular weight excluding hydrogens is 259 g/mol. The lowest BCUT2D eigenvalue weighted by Crippen LogP contribution is -2.23. The molecule has 7 heteroatoms. The molecule has 2 N–H and O–H groups in total. The zero-order valence-corrected chi connectivity index (χ0v) is 10.6. The van der Waals surface area contributed by atoms with E-state index < -0.39 is 11.9 Å². The first kappa shape index (κ1) is 14.0. The minimum atomic E-state index is -4.47. The van der Waals surface area contributed by atoms with Crippen molar-refractivity contribution < 1.29 is 18.3 Å². The van der Waals surface area contributed by atoms with Gasteiger partial charge in [0.05, 0.1) is 6.61 Å². The zero-order valence-electron chi connectivity index (χ0n) is 10.6. The number of halogens is 3. The van der Waals surface area contributed by atoms with E-state index in [1.54, 1.807) is 0 Å². The number of anilines is 1. The molecule has 4 nitrogen and oxygen atoms in total. The number of aromatic nitrogens is 2. The fourth-order valence-electron chi connectivity index (χ4n) is 2.27. The van der Waals surface area contributed by atoms with Crippen molar-refractivity contribution in [2.45, 2.75) is 32.4 Å². The summed E-state index contributed by atoms with van der Waals surface area (Å²) < 4.78 is 39.1. The number of nitrogens with zero attached hydrogens (tertiary/aromatic N) is 2. The maximum Gasteiger partial charge on any atom is 0.433 e. The first-order valence-electron chi connectivity index (χ1n) is 6.23. The molecule has 2 rings (SSSR count). The Morgan fingerprint density at radius 2 is 2.11 bits per heavy atom. The lowest BCUT2D eigenvalue weighted by molar-refractivity contribution is -0.142. The fourth-order valence-corrected chi connectivity index (χ4v) is 2.27. The number of aryl methyl sites for hydroxylation is 1. The molecule has 1 aromatic rings. The normalized spacial score (nSPS) is 19.1. The third-order valence-electron chi connectivity index (χ3n) is 3.18. The predicted octanol–water partition coefficient (Wildman–Crippen LogP) is 2.02. The Morgan fingerprint density at radius 1 is 1.37 bits per heavy atom. The highest BCUT2D eigenvalue weighted by molar-refractivity contribution is 5.37. The van der Waals surface area contributed by atoms with Crippen molar-refractivity contribution in [3.8, 4) is 0 Å². The SMILES string of the molecule is C[C@@H]1CCc2nc(NCCO)nc(C(F)(F)F)c2C1. The number of alkyl halides is 3. The van der Waals surface area contributed by atoms with Gasteiger partial charge in [0.25, 0.3) is 0 Å². The van der Waals surface area contributed by atoms with Crippen molar-refractivity contribution in [1.82, 2.24) is 9.97 Å². The van der Waals surface area contributed by atoms with Crippen molar-refractivity contribution in [2.24, 2.45) is 5.92 Å². The highest BCUT2D eigenvalue weighted by Gasteiger charge is 2.38. The molecule has 0 fully saturated rings. The molecule has 1 aromatic heterocycles. The summed E-state index contributed by atoms with van der Waals surface area (Å²) in [5, 5.41) is 11.3. The number of hydrogen-bond acceptors (Lipinski definition) is 4. The van der Waals surface area contributed by atoms with Gasteiger partial charge in [0, 0.05) is 17.8 Å². The summed E-state index contributed by atoms with van der Waals surface area (Å²) in [6, 6.07) is 0. The second-order valence-corrected chi connectivity index (χ2v) is 4.82. The number of fused-ring (bicyclic) bond motifs is 1. The van der Waals surface area contributed by atoms with Crippen LogP contribution in [-0.2, 0) is 19.0 Å². The average Bonchev–Trinajstić information content (AvgIpc) is 2.34. The van der Waals surface area contributed by atoms with Crippen LogP contribution < -0.4 is 5.32 Å². The quantitative estimate of drug-likeness (QED) is 0.886. The highest BCUT2D eigenvalue weighted by Crippen LogP contribution is 2.36. The fraction of sp³-hybridized carbons (Fsp3) is 0.667. The first-order valence-corrected chi connectivity index (χ1v) is 6.23. The highest BCUT2D eigenvalue weighted by atomic mass is 19.4. The van der Waals surface area contributed by atoms with Gasteiger partial charge in [-0.05, 0) is 25.2 Å². The number of aliphatic hydroxyl groups excluding tert-OH is 1. The third kappa shape index (κ3) is 3.15. The summed E-state index contributed by atoms with van der Waals surface area (Å²) in [4.78, 5) is 7.70. The lowest BCUT2D eigenvalue weighted by atomic mass is 9.87. The van der Waals surface area contributed by atoms with Crippen LogP contribution in [0.4, 0.5) is 19.1 Å². The maximum absolute atomic E-state index is 13.0. The van der Waals surface area contributed by atoms with Crippen molar-refractivity contribution in [3.63, 3.8) is 0 Å². The van der Waals surface area contributed by atoms with Gasteiger partial charge in [0.15, 0.2) is 5.69 Å². The molecule has 19 heavy (non-hydrogen) atoms. The standard InChI is InChI=1S/C12H16F3N3O/c1-7-2-3-9-8(6-7)10(12(13,14)15)18-11(17-9)16-4-5-19/h7,19H,2-6H2,1H3,(H,16,17,18)/t7-/m1/s1. The molecular formula is C12H16F3N3O. The Bertz CT molecular complexity index is 462. The minimum Gasteiger partial charge on any atom is -0.395 e. The molecule has 0 aliphatic heterocycles. The molecule has 0 spiro atoms. The smallest absolute Gasteiger partial charge is 0.395 e. The summed E-state index contributed by atoms with van der Waals surface area (Å²) in [7, 11) is 0. The van der Waals surface area contributed by atoms with Gasteiger partial charge in [0.1, 0.15) is 0 Å². The van der Waals surface area contributed by atoms with E-state index in [-0.39, 0.29) is 30.6 Å². The summed E-state index contributed by atoms with van der Waals surface area (Å²) in [6.07, 6.45) is -2.74. The molecule has 1 atom stereocenters. The van der Waals surface area contributed by atoms with Gasteiger partial charge in [-0.15, -0.1) is 0 Å². The molecule has 1 aliphatic rings. The van der Waals surface area contributed by atoms with Crippen LogP contribution in [0, 0.1) is 5.92 Å². The van der Waals surface area contributed by atoms with Crippen LogP contribution in [0.1, 0.15) is 30.3 Å². The monoisotopic (exact) mass is 275 g/mol. The predicted molar refractivity (Wildman–Crippen MR) is 63.8 cm³/mol. The summed E-state index contributed by atoms with van der Waals surface area (Å²) in [6.45, 7) is 1.88. The van der Waals surface area contributed by atoms with Gasteiger partial charge in [-0.1, -0.05) is 6.92 Å². The Morgan fingerprint density at radius 3 is 2.74 bits per heavy atom.